The summed E-state index contributed by atoms with van der Waals surface area (Å²) in [7, 11) is 0. The molecule has 0 fully saturated rings. The zero-order valence-corrected chi connectivity index (χ0v) is 17.2. The number of fused-ring (bicyclic) bond motifs is 1. The van der Waals surface area contributed by atoms with E-state index in [1.807, 2.05) is 36.1 Å². The Hall–Kier alpha value is -3.52. The molecule has 8 nitrogen and oxygen atoms in total. The van der Waals surface area contributed by atoms with Crippen LogP contribution in [0, 0.1) is 10.1 Å². The lowest BCUT2D eigenvalue weighted by Gasteiger charge is -2.21. The highest BCUT2D eigenvalue weighted by Crippen LogP contribution is 2.38. The maximum Gasteiger partial charge on any atom is 0.278 e. The molecule has 2 heterocycles. The first-order valence-electron chi connectivity index (χ1n) is 10.3. The molecule has 0 saturated heterocycles. The van der Waals surface area contributed by atoms with Gasteiger partial charge in [-0.15, -0.1) is 0 Å². The first-order chi connectivity index (χ1) is 15.0. The summed E-state index contributed by atoms with van der Waals surface area (Å²) in [5, 5.41) is 11.0. The van der Waals surface area contributed by atoms with Crippen LogP contribution in [0.2, 0.25) is 0 Å². The lowest BCUT2D eigenvalue weighted by molar-refractivity contribution is -0.384. The van der Waals surface area contributed by atoms with Crippen molar-refractivity contribution in [3.8, 4) is 0 Å². The van der Waals surface area contributed by atoms with Crippen LogP contribution in [0.5, 0.6) is 0 Å². The van der Waals surface area contributed by atoms with Crippen molar-refractivity contribution in [2.45, 2.75) is 19.8 Å². The quantitative estimate of drug-likeness (QED) is 0.281. The van der Waals surface area contributed by atoms with Crippen LogP contribution >= 0.6 is 0 Å². The van der Waals surface area contributed by atoms with E-state index >= 15 is 0 Å². The highest BCUT2D eigenvalue weighted by atomic mass is 16.6. The number of non-ortho nitro benzene ring substituents is 1. The second kappa shape index (κ2) is 8.69. The van der Waals surface area contributed by atoms with Crippen molar-refractivity contribution in [1.29, 1.82) is 0 Å². The number of nitro benzene ring substituents is 1. The Morgan fingerprint density at radius 2 is 1.81 bits per heavy atom. The number of rotatable bonds is 8. The van der Waals surface area contributed by atoms with Crippen LogP contribution in [-0.4, -0.2) is 47.9 Å². The summed E-state index contributed by atoms with van der Waals surface area (Å²) in [6.45, 7) is 3.78. The normalized spacial score (nSPS) is 15.8. The third-order valence-electron chi connectivity index (χ3n) is 5.54. The monoisotopic (exact) mass is 421 g/mol. The Kier molecular flexibility index (Phi) is 5.81. The number of nitrogens with zero attached hydrogens (tertiary/aromatic N) is 3. The number of benzene rings is 2. The lowest BCUT2D eigenvalue weighted by atomic mass is 10.0. The zero-order chi connectivity index (χ0) is 22.0. The fourth-order valence-electron chi connectivity index (χ4n) is 4.07. The number of hydrogen-bond donors (Lipinski definition) is 0. The van der Waals surface area contributed by atoms with E-state index in [0.717, 1.165) is 17.7 Å². The summed E-state index contributed by atoms with van der Waals surface area (Å²) < 4.78 is 5.35. The van der Waals surface area contributed by atoms with E-state index in [2.05, 4.69) is 0 Å². The third-order valence-corrected chi connectivity index (χ3v) is 5.54. The molecule has 31 heavy (non-hydrogen) atoms. The Morgan fingerprint density at radius 3 is 2.52 bits per heavy atom. The van der Waals surface area contributed by atoms with Crippen LogP contribution in [0.25, 0.3) is 5.57 Å². The van der Waals surface area contributed by atoms with Gasteiger partial charge in [-0.25, -0.2) is 0 Å². The fraction of sp³-hybridized carbons (Fsp3) is 0.304. The van der Waals surface area contributed by atoms with Crippen LogP contribution in [0.4, 0.5) is 11.4 Å². The molecule has 0 aromatic heterocycles. The topological polar surface area (TPSA) is 93.0 Å². The summed E-state index contributed by atoms with van der Waals surface area (Å²) >= 11 is 0. The van der Waals surface area contributed by atoms with E-state index in [1.54, 1.807) is 0 Å². The van der Waals surface area contributed by atoms with E-state index in [1.165, 1.54) is 29.2 Å². The first kappa shape index (κ1) is 20.7. The predicted octanol–water partition coefficient (Wildman–Crippen LogP) is 3.16. The van der Waals surface area contributed by atoms with Gasteiger partial charge in [0.15, 0.2) is 0 Å². The Morgan fingerprint density at radius 1 is 1.06 bits per heavy atom. The molecule has 160 valence electrons. The van der Waals surface area contributed by atoms with Gasteiger partial charge >= 0.3 is 0 Å². The summed E-state index contributed by atoms with van der Waals surface area (Å²) in [6, 6.07) is 13.6. The van der Waals surface area contributed by atoms with E-state index in [0.29, 0.717) is 37.4 Å². The van der Waals surface area contributed by atoms with Gasteiger partial charge in [-0.3, -0.25) is 24.6 Å². The highest BCUT2D eigenvalue weighted by molar-refractivity contribution is 6.36. The molecule has 2 amide bonds. The molecule has 0 saturated carbocycles. The summed E-state index contributed by atoms with van der Waals surface area (Å²) in [4.78, 5) is 40.4. The first-order valence-corrected chi connectivity index (χ1v) is 10.3. The minimum atomic E-state index is -0.489. The molecule has 0 bridgehead atoms. The molecule has 0 N–H and O–H groups in total. The molecular formula is C23H23N3O5. The van der Waals surface area contributed by atoms with E-state index in [9.17, 15) is 19.7 Å². The van der Waals surface area contributed by atoms with Crippen molar-refractivity contribution in [3.63, 3.8) is 0 Å². The minimum absolute atomic E-state index is 0.0669. The largest absolute Gasteiger partial charge is 0.382 e. The van der Waals surface area contributed by atoms with Crippen LogP contribution in [-0.2, 0) is 20.7 Å². The summed E-state index contributed by atoms with van der Waals surface area (Å²) in [5.74, 6) is -0.721. The van der Waals surface area contributed by atoms with Crippen molar-refractivity contribution >= 4 is 28.8 Å². The Balaban J connectivity index is 1.74. The average molecular weight is 421 g/mol. The molecule has 0 spiro atoms. The van der Waals surface area contributed by atoms with Gasteiger partial charge in [-0.1, -0.05) is 18.2 Å². The number of carbonyl (C=O) groups excluding carboxylic acids is 2. The molecule has 0 atom stereocenters. The number of hydrogen-bond acceptors (Lipinski definition) is 6. The average Bonchev–Trinajstić information content (AvgIpc) is 3.30. The van der Waals surface area contributed by atoms with Gasteiger partial charge in [0.25, 0.3) is 17.5 Å². The van der Waals surface area contributed by atoms with Gasteiger partial charge in [-0.05, 0) is 49.1 Å². The molecule has 8 heteroatoms. The van der Waals surface area contributed by atoms with Crippen LogP contribution in [0.1, 0.15) is 24.5 Å². The Labute approximate surface area is 179 Å². The second-order valence-corrected chi connectivity index (χ2v) is 7.37. The SMILES string of the molecule is CCOCCCN1C(=O)C(c2ccc([N+](=O)[O-])cc2)=C(N2CCc3ccccc32)C1=O. The summed E-state index contributed by atoms with van der Waals surface area (Å²) in [5.41, 5.74) is 3.08. The van der Waals surface area contributed by atoms with Crippen molar-refractivity contribution in [1.82, 2.24) is 4.90 Å². The Bertz CT molecular complexity index is 1060. The molecule has 2 aromatic rings. The van der Waals surface area contributed by atoms with E-state index < -0.39 is 4.92 Å². The number of imide groups is 1. The molecular weight excluding hydrogens is 398 g/mol. The van der Waals surface area contributed by atoms with Gasteiger partial charge in [-0.2, -0.15) is 0 Å². The molecule has 2 aliphatic rings. The van der Waals surface area contributed by atoms with E-state index in [4.69, 9.17) is 4.74 Å². The molecule has 0 unspecified atom stereocenters. The maximum absolute atomic E-state index is 13.4. The molecule has 2 aliphatic heterocycles. The molecule has 0 aliphatic carbocycles. The van der Waals surface area contributed by atoms with Gasteiger partial charge in [0.05, 0.1) is 10.5 Å². The summed E-state index contributed by atoms with van der Waals surface area (Å²) in [6.07, 6.45) is 1.32. The fourth-order valence-corrected chi connectivity index (χ4v) is 4.07. The van der Waals surface area contributed by atoms with Gasteiger partial charge in [0.2, 0.25) is 0 Å². The van der Waals surface area contributed by atoms with E-state index in [-0.39, 0.29) is 29.6 Å². The van der Waals surface area contributed by atoms with Crippen molar-refractivity contribution in [2.75, 3.05) is 31.2 Å². The molecule has 2 aromatic carbocycles. The van der Waals surface area contributed by atoms with Gasteiger partial charge < -0.3 is 9.64 Å². The van der Waals surface area contributed by atoms with Crippen molar-refractivity contribution in [2.24, 2.45) is 0 Å². The second-order valence-electron chi connectivity index (χ2n) is 7.37. The van der Waals surface area contributed by atoms with Crippen LogP contribution in [0.15, 0.2) is 54.2 Å². The van der Waals surface area contributed by atoms with Crippen molar-refractivity contribution < 1.29 is 19.2 Å². The van der Waals surface area contributed by atoms with Gasteiger partial charge in [0, 0.05) is 44.1 Å². The number of carbonyl (C=O) groups is 2. The lowest BCUT2D eigenvalue weighted by Crippen LogP contribution is -2.36. The number of nitro groups is 1. The predicted molar refractivity (Wildman–Crippen MR) is 115 cm³/mol. The van der Waals surface area contributed by atoms with Crippen LogP contribution < -0.4 is 4.90 Å². The minimum Gasteiger partial charge on any atom is -0.382 e. The van der Waals surface area contributed by atoms with Crippen molar-refractivity contribution in [3.05, 3.63) is 75.5 Å². The third kappa shape index (κ3) is 3.82. The highest BCUT2D eigenvalue weighted by Gasteiger charge is 2.43. The number of para-hydroxylation sites is 1. The standard InChI is InChI=1S/C23H23N3O5/c1-2-31-15-5-13-25-22(27)20(17-8-10-18(11-9-17)26(29)30)21(23(25)28)24-14-12-16-6-3-4-7-19(16)24/h3-4,6-11H,2,5,12-15H2,1H3. The number of amides is 2. The number of anilines is 1. The number of ether oxygens (including phenoxy) is 1. The smallest absolute Gasteiger partial charge is 0.278 e. The van der Waals surface area contributed by atoms with Crippen LogP contribution in [0.3, 0.4) is 0 Å². The van der Waals surface area contributed by atoms with Gasteiger partial charge in [0.1, 0.15) is 5.70 Å². The maximum atomic E-state index is 13.4. The molecule has 4 rings (SSSR count). The molecule has 0 radical (unpaired) electrons. The zero-order valence-electron chi connectivity index (χ0n) is 17.2.